The summed E-state index contributed by atoms with van der Waals surface area (Å²) < 4.78 is 31.7. The zero-order valence-corrected chi connectivity index (χ0v) is 19.5. The number of ether oxygens (including phenoxy) is 1. The van der Waals surface area contributed by atoms with Crippen LogP contribution in [-0.2, 0) is 19.6 Å². The lowest BCUT2D eigenvalue weighted by molar-refractivity contribution is -0.131. The van der Waals surface area contributed by atoms with Crippen LogP contribution in [0, 0.1) is 0 Å². The number of nitrogens with one attached hydrogen (secondary N) is 1. The maximum Gasteiger partial charge on any atom is 0.246 e. The van der Waals surface area contributed by atoms with Crippen molar-refractivity contribution in [1.82, 2.24) is 9.21 Å². The molecule has 0 heterocycles. The lowest BCUT2D eigenvalue weighted by atomic mass is 10.2. The number of carbonyl (C=O) groups excluding carboxylic acids is 2. The number of nitrogens with zero attached hydrogens (tertiary/aromatic N) is 2. The SMILES string of the molecule is CCCN(CCC)C(=O)CCCC(=O)Nc1ccc(OCC)c(S(=O)(=O)N(C)C)c1. The minimum Gasteiger partial charge on any atom is -0.492 e. The normalized spacial score (nSPS) is 11.4. The highest BCUT2D eigenvalue weighted by Crippen LogP contribution is 2.29. The second-order valence-corrected chi connectivity index (χ2v) is 9.28. The van der Waals surface area contributed by atoms with E-state index in [1.54, 1.807) is 13.0 Å². The van der Waals surface area contributed by atoms with Gasteiger partial charge in [-0.25, -0.2) is 12.7 Å². The number of sulfonamides is 1. The van der Waals surface area contributed by atoms with Gasteiger partial charge >= 0.3 is 0 Å². The minimum absolute atomic E-state index is 0.00268. The smallest absolute Gasteiger partial charge is 0.246 e. The van der Waals surface area contributed by atoms with Gasteiger partial charge in [0.05, 0.1) is 6.61 Å². The van der Waals surface area contributed by atoms with Gasteiger partial charge in [-0.15, -0.1) is 0 Å². The molecule has 1 N–H and O–H groups in total. The van der Waals surface area contributed by atoms with Gasteiger partial charge in [-0.2, -0.15) is 0 Å². The Morgan fingerprint density at radius 2 is 1.67 bits per heavy atom. The zero-order valence-electron chi connectivity index (χ0n) is 18.7. The van der Waals surface area contributed by atoms with Crippen molar-refractivity contribution in [3.8, 4) is 5.75 Å². The summed E-state index contributed by atoms with van der Waals surface area (Å²) in [6, 6.07) is 4.53. The van der Waals surface area contributed by atoms with E-state index < -0.39 is 10.0 Å². The molecule has 9 heteroatoms. The van der Waals surface area contributed by atoms with Gasteiger partial charge in [0.1, 0.15) is 10.6 Å². The fourth-order valence-corrected chi connectivity index (χ4v) is 3.99. The van der Waals surface area contributed by atoms with E-state index in [2.05, 4.69) is 5.32 Å². The fourth-order valence-electron chi connectivity index (χ4n) is 2.94. The molecule has 1 rings (SSSR count). The lowest BCUT2D eigenvalue weighted by Gasteiger charge is -2.21. The maximum absolute atomic E-state index is 12.6. The van der Waals surface area contributed by atoms with E-state index >= 15 is 0 Å². The van der Waals surface area contributed by atoms with E-state index in [9.17, 15) is 18.0 Å². The molecule has 0 atom stereocenters. The van der Waals surface area contributed by atoms with Gasteiger partial charge in [0.25, 0.3) is 0 Å². The van der Waals surface area contributed by atoms with Crippen LogP contribution < -0.4 is 10.1 Å². The van der Waals surface area contributed by atoms with Crippen LogP contribution in [0.2, 0.25) is 0 Å². The molecule has 2 amide bonds. The summed E-state index contributed by atoms with van der Waals surface area (Å²) in [5, 5.41) is 2.71. The molecule has 0 spiro atoms. The monoisotopic (exact) mass is 441 g/mol. The fraction of sp³-hybridized carbons (Fsp3) is 0.619. The van der Waals surface area contributed by atoms with Gasteiger partial charge in [-0.1, -0.05) is 13.8 Å². The van der Waals surface area contributed by atoms with Gasteiger partial charge in [0.15, 0.2) is 0 Å². The van der Waals surface area contributed by atoms with Gasteiger partial charge < -0.3 is 15.0 Å². The zero-order chi connectivity index (χ0) is 22.7. The highest BCUT2D eigenvalue weighted by Gasteiger charge is 2.23. The van der Waals surface area contributed by atoms with E-state index in [0.29, 0.717) is 25.1 Å². The van der Waals surface area contributed by atoms with Gasteiger partial charge in [0.2, 0.25) is 21.8 Å². The molecule has 0 fully saturated rings. The van der Waals surface area contributed by atoms with Gasteiger partial charge in [-0.05, 0) is 44.4 Å². The Bertz CT molecular complexity index is 803. The largest absolute Gasteiger partial charge is 0.492 e. The first kappa shape index (κ1) is 25.9. The first-order chi connectivity index (χ1) is 14.2. The van der Waals surface area contributed by atoms with E-state index in [-0.39, 0.29) is 28.9 Å². The van der Waals surface area contributed by atoms with Gasteiger partial charge in [-0.3, -0.25) is 9.59 Å². The van der Waals surface area contributed by atoms with E-state index in [4.69, 9.17) is 4.74 Å². The molecule has 1 aromatic carbocycles. The average molecular weight is 442 g/mol. The van der Waals surface area contributed by atoms with E-state index in [0.717, 1.165) is 30.2 Å². The second-order valence-electron chi connectivity index (χ2n) is 7.16. The summed E-state index contributed by atoms with van der Waals surface area (Å²) in [4.78, 5) is 26.4. The molecule has 1 aromatic rings. The van der Waals surface area contributed by atoms with Crippen LogP contribution in [0.15, 0.2) is 23.1 Å². The Morgan fingerprint density at radius 3 is 2.20 bits per heavy atom. The van der Waals surface area contributed by atoms with E-state index in [1.165, 1.54) is 26.2 Å². The van der Waals surface area contributed by atoms with E-state index in [1.807, 2.05) is 18.7 Å². The number of benzene rings is 1. The predicted octanol–water partition coefficient (Wildman–Crippen LogP) is 3.09. The maximum atomic E-state index is 12.6. The molecule has 8 nitrogen and oxygen atoms in total. The van der Waals surface area contributed by atoms with Crippen molar-refractivity contribution < 1.29 is 22.7 Å². The number of amides is 2. The Morgan fingerprint density at radius 1 is 1.03 bits per heavy atom. The Balaban J connectivity index is 2.76. The van der Waals surface area contributed by atoms with Crippen molar-refractivity contribution in [2.75, 3.05) is 39.1 Å². The summed E-state index contributed by atoms with van der Waals surface area (Å²) in [6.45, 7) is 7.62. The summed E-state index contributed by atoms with van der Waals surface area (Å²) in [7, 11) is -0.854. The molecule has 0 aliphatic carbocycles. The number of carbonyl (C=O) groups is 2. The standard InChI is InChI=1S/C21H35N3O5S/c1-6-14-24(15-7-2)21(26)11-9-10-20(25)22-17-12-13-18(29-8-3)19(16-17)30(27,28)23(4)5/h12-13,16H,6-11,14-15H2,1-5H3,(H,22,25). The van der Waals surface area contributed by atoms with Crippen LogP contribution >= 0.6 is 0 Å². The van der Waals surface area contributed by atoms with Crippen molar-refractivity contribution in [3.63, 3.8) is 0 Å². The molecule has 0 radical (unpaired) electrons. The van der Waals surface area contributed by atoms with Crippen molar-refractivity contribution in [1.29, 1.82) is 0 Å². The molecule has 0 saturated heterocycles. The number of anilines is 1. The first-order valence-corrected chi connectivity index (χ1v) is 11.9. The second kappa shape index (κ2) is 12.5. The molecular formula is C21H35N3O5S. The third kappa shape index (κ3) is 7.60. The van der Waals surface area contributed by atoms with Crippen LogP contribution in [0.1, 0.15) is 52.9 Å². The summed E-state index contributed by atoms with van der Waals surface area (Å²) >= 11 is 0. The first-order valence-electron chi connectivity index (χ1n) is 10.4. The molecule has 30 heavy (non-hydrogen) atoms. The Kier molecular flexibility index (Phi) is 10.8. The molecule has 0 saturated carbocycles. The van der Waals surface area contributed by atoms with Crippen molar-refractivity contribution in [2.45, 2.75) is 57.8 Å². The Labute approximate surface area is 180 Å². The van der Waals surface area contributed by atoms with Crippen LogP contribution in [0.25, 0.3) is 0 Å². The molecule has 0 aromatic heterocycles. The van der Waals surface area contributed by atoms with Crippen LogP contribution in [0.4, 0.5) is 5.69 Å². The van der Waals surface area contributed by atoms with Crippen molar-refractivity contribution in [2.24, 2.45) is 0 Å². The third-order valence-electron chi connectivity index (χ3n) is 4.42. The number of hydrogen-bond acceptors (Lipinski definition) is 5. The number of rotatable bonds is 13. The summed E-state index contributed by atoms with van der Waals surface area (Å²) in [5.74, 6) is 0.0337. The molecular weight excluding hydrogens is 406 g/mol. The topological polar surface area (TPSA) is 96.0 Å². The van der Waals surface area contributed by atoms with Crippen LogP contribution in [0.3, 0.4) is 0 Å². The predicted molar refractivity (Wildman–Crippen MR) is 118 cm³/mol. The third-order valence-corrected chi connectivity index (χ3v) is 6.26. The van der Waals surface area contributed by atoms with Gasteiger partial charge in [0, 0.05) is 45.7 Å². The average Bonchev–Trinajstić information content (AvgIpc) is 2.68. The Hall–Kier alpha value is -2.13. The van der Waals surface area contributed by atoms with Crippen LogP contribution in [0.5, 0.6) is 5.75 Å². The molecule has 0 unspecified atom stereocenters. The molecule has 0 aliphatic rings. The molecule has 0 aliphatic heterocycles. The highest BCUT2D eigenvalue weighted by atomic mass is 32.2. The molecule has 0 bridgehead atoms. The van der Waals surface area contributed by atoms with Crippen molar-refractivity contribution >= 4 is 27.5 Å². The summed E-state index contributed by atoms with van der Waals surface area (Å²) in [5.41, 5.74) is 0.369. The minimum atomic E-state index is -3.73. The quantitative estimate of drug-likeness (QED) is 0.507. The number of hydrogen-bond donors (Lipinski definition) is 1. The van der Waals surface area contributed by atoms with Crippen LogP contribution in [-0.4, -0.2) is 63.2 Å². The molecule has 170 valence electrons. The highest BCUT2D eigenvalue weighted by molar-refractivity contribution is 7.89. The van der Waals surface area contributed by atoms with Crippen molar-refractivity contribution in [3.05, 3.63) is 18.2 Å². The lowest BCUT2D eigenvalue weighted by Crippen LogP contribution is -2.32. The summed E-state index contributed by atoms with van der Waals surface area (Å²) in [6.07, 6.45) is 2.75.